The Morgan fingerprint density at radius 1 is 1.22 bits per heavy atom. The van der Waals surface area contributed by atoms with Crippen molar-refractivity contribution in [3.63, 3.8) is 0 Å². The minimum Gasteiger partial charge on any atom is -0.481 e. The molecule has 1 aromatic carbocycles. The van der Waals surface area contributed by atoms with Crippen LogP contribution in [0.4, 0.5) is 8.78 Å². The number of hydrogen-bond donors (Lipinski definition) is 2. The first-order valence-corrected chi connectivity index (χ1v) is 5.27. The van der Waals surface area contributed by atoms with Crippen molar-refractivity contribution in [3.05, 3.63) is 35.4 Å². The van der Waals surface area contributed by atoms with E-state index in [9.17, 15) is 18.4 Å². The summed E-state index contributed by atoms with van der Waals surface area (Å²) in [5.41, 5.74) is 0.340. The Morgan fingerprint density at radius 3 is 2.11 bits per heavy atom. The number of nitrogens with one attached hydrogen (secondary N) is 1. The third-order valence-corrected chi connectivity index (χ3v) is 2.35. The van der Waals surface area contributed by atoms with Gasteiger partial charge in [-0.2, -0.15) is 0 Å². The number of carbonyl (C=O) groups is 2. The lowest BCUT2D eigenvalue weighted by atomic mass is 10.0. The number of amides is 1. The number of carbonyl (C=O) groups excluding carboxylic acids is 1. The van der Waals surface area contributed by atoms with Crippen molar-refractivity contribution in [2.75, 3.05) is 0 Å². The second kappa shape index (κ2) is 6.09. The van der Waals surface area contributed by atoms with E-state index in [-0.39, 0.29) is 17.9 Å². The van der Waals surface area contributed by atoms with Crippen LogP contribution in [0.5, 0.6) is 0 Å². The lowest BCUT2D eigenvalue weighted by Gasteiger charge is -2.16. The Bertz CT molecular complexity index is 415. The van der Waals surface area contributed by atoms with Crippen LogP contribution in [0.25, 0.3) is 0 Å². The molecule has 1 atom stereocenters. The van der Waals surface area contributed by atoms with Gasteiger partial charge in [-0.1, -0.05) is 24.3 Å². The van der Waals surface area contributed by atoms with E-state index in [4.69, 9.17) is 5.11 Å². The van der Waals surface area contributed by atoms with Gasteiger partial charge in [0, 0.05) is 12.5 Å². The zero-order valence-corrected chi connectivity index (χ0v) is 9.69. The Balaban J connectivity index is 2.90. The summed E-state index contributed by atoms with van der Waals surface area (Å²) in [4.78, 5) is 21.6. The quantitative estimate of drug-likeness (QED) is 0.850. The van der Waals surface area contributed by atoms with Gasteiger partial charge in [0.25, 0.3) is 6.43 Å². The Morgan fingerprint density at radius 2 is 1.72 bits per heavy atom. The monoisotopic (exact) mass is 257 g/mol. The smallest absolute Gasteiger partial charge is 0.305 e. The first kappa shape index (κ1) is 14.1. The number of rotatable bonds is 5. The molecule has 0 spiro atoms. The fraction of sp³-hybridized carbons (Fsp3) is 0.333. The fourth-order valence-corrected chi connectivity index (χ4v) is 1.55. The fourth-order valence-electron chi connectivity index (χ4n) is 1.55. The van der Waals surface area contributed by atoms with Crippen LogP contribution in [0.1, 0.15) is 36.9 Å². The molecule has 0 unspecified atom stereocenters. The second-order valence-corrected chi connectivity index (χ2v) is 3.82. The van der Waals surface area contributed by atoms with Crippen LogP contribution in [0.2, 0.25) is 0 Å². The Labute approximate surface area is 103 Å². The van der Waals surface area contributed by atoms with Gasteiger partial charge in [-0.15, -0.1) is 0 Å². The maximum Gasteiger partial charge on any atom is 0.305 e. The lowest BCUT2D eigenvalue weighted by Crippen LogP contribution is -2.27. The molecule has 4 nitrogen and oxygen atoms in total. The summed E-state index contributed by atoms with van der Waals surface area (Å²) in [7, 11) is 0. The molecule has 0 saturated heterocycles. The van der Waals surface area contributed by atoms with E-state index in [2.05, 4.69) is 5.32 Å². The maximum absolute atomic E-state index is 12.4. The lowest BCUT2D eigenvalue weighted by molar-refractivity contribution is -0.137. The standard InChI is InChI=1S/C12H13F2NO3/c1-7(16)15-10(6-11(17)18)8-2-4-9(5-3-8)12(13)14/h2-5,10,12H,6H2,1H3,(H,15,16)(H,17,18)/t10-/m1/s1. The molecule has 18 heavy (non-hydrogen) atoms. The average Bonchev–Trinajstić information content (AvgIpc) is 2.27. The maximum atomic E-state index is 12.4. The summed E-state index contributed by atoms with van der Waals surface area (Å²) in [6.45, 7) is 1.27. The summed E-state index contributed by atoms with van der Waals surface area (Å²) in [6, 6.07) is 4.51. The third kappa shape index (κ3) is 4.12. The van der Waals surface area contributed by atoms with Crippen molar-refractivity contribution >= 4 is 11.9 Å². The molecule has 0 aromatic heterocycles. The number of carboxylic acid groups (broad SMARTS) is 1. The van der Waals surface area contributed by atoms with Gasteiger partial charge in [0.2, 0.25) is 5.91 Å². The third-order valence-electron chi connectivity index (χ3n) is 2.35. The Hall–Kier alpha value is -1.98. The van der Waals surface area contributed by atoms with Crippen molar-refractivity contribution in [2.45, 2.75) is 25.8 Å². The predicted molar refractivity (Wildman–Crippen MR) is 60.2 cm³/mol. The Kier molecular flexibility index (Phi) is 4.76. The van der Waals surface area contributed by atoms with Crippen molar-refractivity contribution in [3.8, 4) is 0 Å². The largest absolute Gasteiger partial charge is 0.481 e. The molecule has 2 N–H and O–H groups in total. The highest BCUT2D eigenvalue weighted by molar-refractivity contribution is 5.75. The molecule has 0 fully saturated rings. The molecule has 0 aliphatic carbocycles. The molecule has 0 saturated carbocycles. The summed E-state index contributed by atoms with van der Waals surface area (Å²) < 4.78 is 24.7. The second-order valence-electron chi connectivity index (χ2n) is 3.82. The minimum atomic E-state index is -2.57. The summed E-state index contributed by atoms with van der Waals surface area (Å²) in [6.07, 6.45) is -2.87. The van der Waals surface area contributed by atoms with Gasteiger partial charge < -0.3 is 10.4 Å². The highest BCUT2D eigenvalue weighted by Crippen LogP contribution is 2.22. The molecular weight excluding hydrogens is 244 g/mol. The van der Waals surface area contributed by atoms with Gasteiger partial charge >= 0.3 is 5.97 Å². The van der Waals surface area contributed by atoms with E-state index < -0.39 is 18.4 Å². The van der Waals surface area contributed by atoms with Gasteiger partial charge in [-0.05, 0) is 5.56 Å². The van der Waals surface area contributed by atoms with Crippen LogP contribution >= 0.6 is 0 Å². The van der Waals surface area contributed by atoms with E-state index >= 15 is 0 Å². The molecule has 6 heteroatoms. The van der Waals surface area contributed by atoms with Crippen LogP contribution in [0.15, 0.2) is 24.3 Å². The van der Waals surface area contributed by atoms with E-state index in [0.717, 1.165) is 0 Å². The highest BCUT2D eigenvalue weighted by Gasteiger charge is 2.17. The number of halogens is 2. The molecule has 0 aliphatic rings. The number of aliphatic carboxylic acids is 1. The summed E-state index contributed by atoms with van der Waals surface area (Å²) in [5, 5.41) is 11.2. The van der Waals surface area contributed by atoms with E-state index in [1.54, 1.807) is 0 Å². The summed E-state index contributed by atoms with van der Waals surface area (Å²) >= 11 is 0. The number of benzene rings is 1. The zero-order valence-electron chi connectivity index (χ0n) is 9.69. The van der Waals surface area contributed by atoms with Crippen molar-refractivity contribution in [1.82, 2.24) is 5.32 Å². The topological polar surface area (TPSA) is 66.4 Å². The molecule has 1 rings (SSSR count). The molecule has 0 radical (unpaired) electrons. The highest BCUT2D eigenvalue weighted by atomic mass is 19.3. The normalized spacial score (nSPS) is 12.2. The molecule has 0 bridgehead atoms. The van der Waals surface area contributed by atoms with Crippen LogP contribution < -0.4 is 5.32 Å². The first-order valence-electron chi connectivity index (χ1n) is 5.27. The van der Waals surface area contributed by atoms with Crippen LogP contribution in [0.3, 0.4) is 0 Å². The van der Waals surface area contributed by atoms with Crippen molar-refractivity contribution in [1.29, 1.82) is 0 Å². The molecular formula is C12H13F2NO3. The first-order chi connectivity index (χ1) is 8.40. The van der Waals surface area contributed by atoms with Crippen molar-refractivity contribution in [2.24, 2.45) is 0 Å². The SMILES string of the molecule is CC(=O)N[C@H](CC(=O)O)c1ccc(C(F)F)cc1. The van der Waals surface area contributed by atoms with E-state index in [1.807, 2.05) is 0 Å². The number of hydrogen-bond acceptors (Lipinski definition) is 2. The molecule has 1 aromatic rings. The minimum absolute atomic E-state index is 0.143. The molecule has 0 aliphatic heterocycles. The van der Waals surface area contributed by atoms with Gasteiger partial charge in [0.1, 0.15) is 0 Å². The van der Waals surface area contributed by atoms with E-state index in [0.29, 0.717) is 5.56 Å². The predicted octanol–water partition coefficient (Wildman–Crippen LogP) is 2.28. The van der Waals surface area contributed by atoms with Crippen LogP contribution in [-0.4, -0.2) is 17.0 Å². The average molecular weight is 257 g/mol. The van der Waals surface area contributed by atoms with E-state index in [1.165, 1.54) is 31.2 Å². The van der Waals surface area contributed by atoms with Gasteiger partial charge in [0.05, 0.1) is 12.5 Å². The van der Waals surface area contributed by atoms with Gasteiger partial charge in [-0.3, -0.25) is 9.59 Å². The number of carboxylic acids is 1. The van der Waals surface area contributed by atoms with Gasteiger partial charge in [-0.25, -0.2) is 8.78 Å². The number of alkyl halides is 2. The zero-order chi connectivity index (χ0) is 13.7. The molecule has 0 heterocycles. The van der Waals surface area contributed by atoms with Crippen LogP contribution in [0, 0.1) is 0 Å². The van der Waals surface area contributed by atoms with Crippen LogP contribution in [-0.2, 0) is 9.59 Å². The van der Waals surface area contributed by atoms with Crippen molar-refractivity contribution < 1.29 is 23.5 Å². The summed E-state index contributed by atoms with van der Waals surface area (Å²) in [5.74, 6) is -1.45. The van der Waals surface area contributed by atoms with Gasteiger partial charge in [0.15, 0.2) is 0 Å². The molecule has 98 valence electrons. The molecule has 1 amide bonds.